The van der Waals surface area contributed by atoms with Crippen LogP contribution in [0.2, 0.25) is 0 Å². The molecule has 0 radical (unpaired) electrons. The molecular formula is C22H28N4O3S. The van der Waals surface area contributed by atoms with Gasteiger partial charge in [-0.15, -0.1) is 0 Å². The highest BCUT2D eigenvalue weighted by atomic mass is 32.2. The summed E-state index contributed by atoms with van der Waals surface area (Å²) in [5.74, 6) is 0.745. The zero-order valence-corrected chi connectivity index (χ0v) is 17.9. The van der Waals surface area contributed by atoms with E-state index in [2.05, 4.69) is 34.3 Å². The predicted molar refractivity (Wildman–Crippen MR) is 114 cm³/mol. The fraction of sp³-hybridized carbons (Fsp3) is 0.545. The van der Waals surface area contributed by atoms with Crippen molar-refractivity contribution in [3.05, 3.63) is 53.3 Å². The molecule has 1 atom stereocenters. The van der Waals surface area contributed by atoms with Gasteiger partial charge >= 0.3 is 0 Å². The Labute approximate surface area is 177 Å². The quantitative estimate of drug-likeness (QED) is 0.729. The van der Waals surface area contributed by atoms with Crippen molar-refractivity contribution in [2.75, 3.05) is 37.7 Å². The zero-order valence-electron chi connectivity index (χ0n) is 17.1. The number of piperazine rings is 1. The molecule has 1 unspecified atom stereocenters. The standard InChI is InChI=1S/C22H28N4O3S/c27-22(25-11-9-24(10-12-25)15-17-4-2-1-3-5-17)20-14-21(18-6-7-18)26(23-20)19-8-13-30(28,29)16-19/h1-5,14,18-19H,6-13,15-16H2. The fourth-order valence-corrected chi connectivity index (χ4v) is 6.26. The van der Waals surface area contributed by atoms with Gasteiger partial charge in [-0.3, -0.25) is 14.4 Å². The number of carbonyl (C=O) groups is 1. The molecule has 3 aliphatic rings. The first-order valence-electron chi connectivity index (χ1n) is 10.8. The van der Waals surface area contributed by atoms with E-state index in [0.717, 1.165) is 38.2 Å². The molecule has 0 spiro atoms. The summed E-state index contributed by atoms with van der Waals surface area (Å²) in [4.78, 5) is 17.4. The lowest BCUT2D eigenvalue weighted by Gasteiger charge is -2.34. The molecule has 2 aromatic rings. The van der Waals surface area contributed by atoms with Gasteiger partial charge in [0.15, 0.2) is 15.5 Å². The van der Waals surface area contributed by atoms with Crippen molar-refractivity contribution in [2.45, 2.75) is 37.8 Å². The third-order valence-corrected chi connectivity index (χ3v) is 8.19. The van der Waals surface area contributed by atoms with Crippen LogP contribution in [0.25, 0.3) is 0 Å². The number of sulfone groups is 1. The first-order valence-corrected chi connectivity index (χ1v) is 12.7. The molecule has 1 aromatic carbocycles. The second kappa shape index (κ2) is 7.81. The first kappa shape index (κ1) is 19.8. The van der Waals surface area contributed by atoms with E-state index in [-0.39, 0.29) is 23.5 Å². The van der Waals surface area contributed by atoms with Gasteiger partial charge < -0.3 is 4.90 Å². The minimum atomic E-state index is -2.99. The molecule has 1 aliphatic carbocycles. The number of rotatable bonds is 5. The Morgan fingerprint density at radius 1 is 1.03 bits per heavy atom. The van der Waals surface area contributed by atoms with E-state index in [4.69, 9.17) is 0 Å². The highest BCUT2D eigenvalue weighted by Crippen LogP contribution is 2.42. The number of nitrogens with zero attached hydrogens (tertiary/aromatic N) is 4. The molecule has 1 aromatic heterocycles. The smallest absolute Gasteiger partial charge is 0.274 e. The van der Waals surface area contributed by atoms with Crippen LogP contribution >= 0.6 is 0 Å². The SMILES string of the molecule is O=C(c1cc(C2CC2)n(C2CCS(=O)(=O)C2)n1)N1CCN(Cc2ccccc2)CC1. The summed E-state index contributed by atoms with van der Waals surface area (Å²) in [5, 5.41) is 4.63. The van der Waals surface area contributed by atoms with Gasteiger partial charge in [-0.25, -0.2) is 8.42 Å². The maximum absolute atomic E-state index is 13.1. The average Bonchev–Trinajstić information content (AvgIpc) is 3.39. The normalized spacial score (nSPS) is 24.3. The topological polar surface area (TPSA) is 75.5 Å². The van der Waals surface area contributed by atoms with Crippen molar-refractivity contribution in [2.24, 2.45) is 0 Å². The third-order valence-electron chi connectivity index (χ3n) is 6.44. The van der Waals surface area contributed by atoms with Crippen molar-refractivity contribution in [1.29, 1.82) is 0 Å². The molecule has 2 aliphatic heterocycles. The lowest BCUT2D eigenvalue weighted by molar-refractivity contribution is 0.0621. The van der Waals surface area contributed by atoms with Gasteiger partial charge in [0.2, 0.25) is 0 Å². The Morgan fingerprint density at radius 3 is 2.40 bits per heavy atom. The molecule has 7 nitrogen and oxygen atoms in total. The van der Waals surface area contributed by atoms with E-state index < -0.39 is 9.84 Å². The minimum absolute atomic E-state index is 0.0316. The van der Waals surface area contributed by atoms with Crippen LogP contribution in [0.3, 0.4) is 0 Å². The van der Waals surface area contributed by atoms with Gasteiger partial charge in [0.25, 0.3) is 5.91 Å². The van der Waals surface area contributed by atoms with Gasteiger partial charge in [0, 0.05) is 44.3 Å². The second-order valence-electron chi connectivity index (χ2n) is 8.78. The van der Waals surface area contributed by atoms with Crippen LogP contribution in [0.1, 0.15) is 53.0 Å². The maximum Gasteiger partial charge on any atom is 0.274 e. The molecule has 0 bridgehead atoms. The van der Waals surface area contributed by atoms with Gasteiger partial charge in [-0.2, -0.15) is 5.10 Å². The van der Waals surface area contributed by atoms with E-state index in [1.807, 2.05) is 21.7 Å². The summed E-state index contributed by atoms with van der Waals surface area (Å²) < 4.78 is 25.7. The van der Waals surface area contributed by atoms with Gasteiger partial charge in [0.05, 0.1) is 17.5 Å². The third kappa shape index (κ3) is 4.16. The monoisotopic (exact) mass is 428 g/mol. The highest BCUT2D eigenvalue weighted by molar-refractivity contribution is 7.91. The molecule has 8 heteroatoms. The van der Waals surface area contributed by atoms with E-state index >= 15 is 0 Å². The Hall–Kier alpha value is -2.19. The van der Waals surface area contributed by atoms with E-state index in [1.165, 1.54) is 5.56 Å². The number of benzene rings is 1. The first-order chi connectivity index (χ1) is 14.5. The van der Waals surface area contributed by atoms with Crippen LogP contribution in [0.15, 0.2) is 36.4 Å². The summed E-state index contributed by atoms with van der Waals surface area (Å²) >= 11 is 0. The minimum Gasteiger partial charge on any atom is -0.335 e. The van der Waals surface area contributed by atoms with Crippen molar-refractivity contribution in [3.8, 4) is 0 Å². The molecule has 0 N–H and O–H groups in total. The zero-order chi connectivity index (χ0) is 20.7. The van der Waals surface area contributed by atoms with Crippen LogP contribution in [0.4, 0.5) is 0 Å². The number of amides is 1. The van der Waals surface area contributed by atoms with Gasteiger partial charge in [-0.05, 0) is 30.9 Å². The van der Waals surface area contributed by atoms with Crippen molar-refractivity contribution < 1.29 is 13.2 Å². The van der Waals surface area contributed by atoms with Gasteiger partial charge in [0.1, 0.15) is 0 Å². The molecule has 3 fully saturated rings. The number of hydrogen-bond acceptors (Lipinski definition) is 5. The lowest BCUT2D eigenvalue weighted by Crippen LogP contribution is -2.48. The average molecular weight is 429 g/mol. The van der Waals surface area contributed by atoms with E-state index in [9.17, 15) is 13.2 Å². The molecule has 160 valence electrons. The van der Waals surface area contributed by atoms with Crippen LogP contribution < -0.4 is 0 Å². The summed E-state index contributed by atoms with van der Waals surface area (Å²) in [6.45, 7) is 3.97. The molecule has 30 heavy (non-hydrogen) atoms. The number of hydrogen-bond donors (Lipinski definition) is 0. The maximum atomic E-state index is 13.1. The van der Waals surface area contributed by atoms with Crippen molar-refractivity contribution in [1.82, 2.24) is 19.6 Å². The highest BCUT2D eigenvalue weighted by Gasteiger charge is 2.36. The summed E-state index contributed by atoms with van der Waals surface area (Å²) in [6.07, 6.45) is 2.78. The summed E-state index contributed by atoms with van der Waals surface area (Å²) in [6, 6.07) is 12.2. The van der Waals surface area contributed by atoms with Crippen LogP contribution in [0.5, 0.6) is 0 Å². The Morgan fingerprint density at radius 2 is 1.77 bits per heavy atom. The van der Waals surface area contributed by atoms with Crippen molar-refractivity contribution >= 4 is 15.7 Å². The predicted octanol–water partition coefficient (Wildman–Crippen LogP) is 2.08. The second-order valence-corrected chi connectivity index (χ2v) is 11.0. The molecule has 1 saturated carbocycles. The van der Waals surface area contributed by atoms with Crippen LogP contribution in [0, 0.1) is 0 Å². The van der Waals surface area contributed by atoms with Gasteiger partial charge in [-0.1, -0.05) is 30.3 Å². The summed E-state index contributed by atoms with van der Waals surface area (Å²) in [5.41, 5.74) is 2.80. The van der Waals surface area contributed by atoms with E-state index in [1.54, 1.807) is 0 Å². The van der Waals surface area contributed by atoms with Crippen LogP contribution in [-0.4, -0.2) is 71.6 Å². The molecule has 3 heterocycles. The van der Waals surface area contributed by atoms with E-state index in [0.29, 0.717) is 31.1 Å². The number of carbonyl (C=O) groups excluding carboxylic acids is 1. The Balaban J connectivity index is 1.26. The molecule has 5 rings (SSSR count). The largest absolute Gasteiger partial charge is 0.335 e. The molecule has 1 amide bonds. The van der Waals surface area contributed by atoms with Crippen LogP contribution in [-0.2, 0) is 16.4 Å². The van der Waals surface area contributed by atoms with Crippen molar-refractivity contribution in [3.63, 3.8) is 0 Å². The lowest BCUT2D eigenvalue weighted by atomic mass is 10.2. The molecule has 2 saturated heterocycles. The summed E-state index contributed by atoms with van der Waals surface area (Å²) in [7, 11) is -2.99. The fourth-order valence-electron chi connectivity index (χ4n) is 4.57. The Bertz CT molecular complexity index is 1020. The Kier molecular flexibility index (Phi) is 5.14. The molecular weight excluding hydrogens is 400 g/mol. The number of aromatic nitrogens is 2.